The Morgan fingerprint density at radius 3 is 2.90 bits per heavy atom. The molecule has 0 spiro atoms. The molecule has 0 amide bonds. The van der Waals surface area contributed by atoms with Crippen molar-refractivity contribution in [2.75, 3.05) is 0 Å². The van der Waals surface area contributed by atoms with Crippen LogP contribution in [0.3, 0.4) is 0 Å². The summed E-state index contributed by atoms with van der Waals surface area (Å²) in [6.45, 7) is 5.11. The van der Waals surface area contributed by atoms with Crippen LogP contribution in [0, 0.1) is 0 Å². The molecule has 1 atom stereocenters. The summed E-state index contributed by atoms with van der Waals surface area (Å²) in [7, 11) is -1.22. The Hall–Kier alpha value is -0.613. The highest BCUT2D eigenvalue weighted by atomic mass is 28.2. The number of carbonyl (C=O) groups is 1. The van der Waals surface area contributed by atoms with Gasteiger partial charge in [-0.3, -0.25) is 0 Å². The van der Waals surface area contributed by atoms with E-state index in [1.54, 1.807) is 0 Å². The number of hydrogen-bond donors (Lipinski definition) is 1. The number of esters is 1. The van der Waals surface area contributed by atoms with E-state index < -0.39 is 15.7 Å². The Morgan fingerprint density at radius 2 is 2.60 bits per heavy atom. The first-order valence-corrected chi connectivity index (χ1v) is 4.63. The molecular weight excluding hydrogens is 148 g/mol. The van der Waals surface area contributed by atoms with Crippen molar-refractivity contribution in [3.8, 4) is 0 Å². The average molecular weight is 160 g/mol. The number of rotatable bonds is 4. The lowest BCUT2D eigenvalue weighted by molar-refractivity contribution is -0.140. The van der Waals surface area contributed by atoms with Gasteiger partial charge in [-0.15, -0.1) is 0 Å². The average Bonchev–Trinajstić information content (AvgIpc) is 1.99. The zero-order chi connectivity index (χ0) is 7.98. The van der Waals surface area contributed by atoms with Crippen molar-refractivity contribution in [1.29, 1.82) is 0 Å². The third kappa shape index (κ3) is 3.42. The SMILES string of the molecule is C=CC(=O)OC(CC)[SiH2]O. The molecule has 10 heavy (non-hydrogen) atoms. The van der Waals surface area contributed by atoms with E-state index in [9.17, 15) is 4.79 Å². The first-order valence-electron chi connectivity index (χ1n) is 3.18. The lowest BCUT2D eigenvalue weighted by Crippen LogP contribution is -2.22. The van der Waals surface area contributed by atoms with Crippen LogP contribution in [0.15, 0.2) is 12.7 Å². The van der Waals surface area contributed by atoms with Crippen LogP contribution >= 0.6 is 0 Å². The van der Waals surface area contributed by atoms with Crippen molar-refractivity contribution < 1.29 is 14.3 Å². The van der Waals surface area contributed by atoms with E-state index in [1.165, 1.54) is 0 Å². The second kappa shape index (κ2) is 5.19. The molecule has 0 heterocycles. The van der Waals surface area contributed by atoms with Crippen LogP contribution < -0.4 is 0 Å². The Bertz CT molecular complexity index is 120. The Labute approximate surface area is 62.6 Å². The predicted molar refractivity (Wildman–Crippen MR) is 41.1 cm³/mol. The van der Waals surface area contributed by atoms with E-state index in [-0.39, 0.29) is 5.73 Å². The van der Waals surface area contributed by atoms with Gasteiger partial charge in [0.1, 0.15) is 5.73 Å². The summed E-state index contributed by atoms with van der Waals surface area (Å²) in [5.41, 5.74) is -0.245. The smallest absolute Gasteiger partial charge is 0.330 e. The van der Waals surface area contributed by atoms with Crippen LogP contribution in [0.4, 0.5) is 0 Å². The van der Waals surface area contributed by atoms with Gasteiger partial charge in [0.05, 0.1) is 0 Å². The molecule has 0 saturated carbocycles. The number of ether oxygens (including phenoxy) is 1. The molecule has 0 aromatic rings. The molecule has 1 N–H and O–H groups in total. The third-order valence-electron chi connectivity index (χ3n) is 1.11. The maximum absolute atomic E-state index is 10.5. The minimum atomic E-state index is -1.22. The van der Waals surface area contributed by atoms with E-state index in [1.807, 2.05) is 6.92 Å². The molecule has 0 aromatic carbocycles. The topological polar surface area (TPSA) is 46.5 Å². The van der Waals surface area contributed by atoms with Gasteiger partial charge in [-0.2, -0.15) is 0 Å². The highest BCUT2D eigenvalue weighted by Crippen LogP contribution is 1.94. The van der Waals surface area contributed by atoms with E-state index in [0.717, 1.165) is 6.08 Å². The van der Waals surface area contributed by atoms with Crippen molar-refractivity contribution in [2.24, 2.45) is 0 Å². The zero-order valence-corrected chi connectivity index (χ0v) is 7.45. The van der Waals surface area contributed by atoms with Crippen LogP contribution in [0.5, 0.6) is 0 Å². The monoisotopic (exact) mass is 160 g/mol. The van der Waals surface area contributed by atoms with Crippen molar-refractivity contribution in [2.45, 2.75) is 19.1 Å². The summed E-state index contributed by atoms with van der Waals surface area (Å²) in [6, 6.07) is 0. The molecule has 4 heteroatoms. The standard InChI is InChI=1S/C6H12O3Si/c1-3-5(7)9-6(4-2)10-8/h3,6,8H,1,4,10H2,2H3. The maximum Gasteiger partial charge on any atom is 0.330 e. The van der Waals surface area contributed by atoms with Gasteiger partial charge in [0.25, 0.3) is 0 Å². The van der Waals surface area contributed by atoms with Gasteiger partial charge >= 0.3 is 5.97 Å². The second-order valence-electron chi connectivity index (χ2n) is 1.85. The lowest BCUT2D eigenvalue weighted by Gasteiger charge is -2.09. The Balaban J connectivity index is 3.62. The summed E-state index contributed by atoms with van der Waals surface area (Å²) in [6.07, 6.45) is 1.79. The zero-order valence-electron chi connectivity index (χ0n) is 6.04. The van der Waals surface area contributed by atoms with Gasteiger partial charge in [0.15, 0.2) is 9.76 Å². The van der Waals surface area contributed by atoms with Crippen molar-refractivity contribution in [1.82, 2.24) is 0 Å². The van der Waals surface area contributed by atoms with Crippen LogP contribution in [-0.2, 0) is 9.53 Å². The molecule has 0 aliphatic carbocycles. The molecule has 0 fully saturated rings. The van der Waals surface area contributed by atoms with Crippen molar-refractivity contribution >= 4 is 15.7 Å². The first kappa shape index (κ1) is 9.39. The quantitative estimate of drug-likeness (QED) is 0.343. The second-order valence-corrected chi connectivity index (χ2v) is 3.13. The molecule has 1 unspecified atom stereocenters. The normalized spacial score (nSPS) is 13.4. The highest BCUT2D eigenvalue weighted by molar-refractivity contribution is 6.27. The van der Waals surface area contributed by atoms with E-state index in [2.05, 4.69) is 6.58 Å². The largest absolute Gasteiger partial charge is 0.461 e. The van der Waals surface area contributed by atoms with E-state index in [0.29, 0.717) is 6.42 Å². The fourth-order valence-electron chi connectivity index (χ4n) is 0.462. The van der Waals surface area contributed by atoms with Gasteiger partial charge in [-0.1, -0.05) is 13.5 Å². The van der Waals surface area contributed by atoms with Gasteiger partial charge in [-0.05, 0) is 6.42 Å². The van der Waals surface area contributed by atoms with Gasteiger partial charge < -0.3 is 9.53 Å². The third-order valence-corrected chi connectivity index (χ3v) is 2.26. The minimum absolute atomic E-state index is 0.245. The fourth-order valence-corrected chi connectivity index (χ4v) is 0.959. The highest BCUT2D eigenvalue weighted by Gasteiger charge is 2.08. The molecule has 0 aliphatic heterocycles. The van der Waals surface area contributed by atoms with Gasteiger partial charge in [0, 0.05) is 6.08 Å². The van der Waals surface area contributed by atoms with Crippen LogP contribution in [-0.4, -0.2) is 26.3 Å². The van der Waals surface area contributed by atoms with Crippen LogP contribution in [0.25, 0.3) is 0 Å². The molecule has 0 radical (unpaired) electrons. The molecule has 0 bridgehead atoms. The molecular formula is C6H12O3Si. The number of carbonyl (C=O) groups excluding carboxylic acids is 1. The summed E-state index contributed by atoms with van der Waals surface area (Å²) in [4.78, 5) is 19.2. The summed E-state index contributed by atoms with van der Waals surface area (Å²) in [5, 5.41) is 0. The van der Waals surface area contributed by atoms with Gasteiger partial charge in [-0.25, -0.2) is 4.79 Å². The molecule has 58 valence electrons. The van der Waals surface area contributed by atoms with Crippen LogP contribution in [0.1, 0.15) is 13.3 Å². The van der Waals surface area contributed by atoms with E-state index in [4.69, 9.17) is 9.53 Å². The lowest BCUT2D eigenvalue weighted by atomic mass is 10.5. The van der Waals surface area contributed by atoms with Crippen LogP contribution in [0.2, 0.25) is 0 Å². The summed E-state index contributed by atoms with van der Waals surface area (Å²) in [5.74, 6) is -0.451. The first-order chi connectivity index (χ1) is 4.74. The molecule has 0 rings (SSSR count). The molecule has 0 aromatic heterocycles. The summed E-state index contributed by atoms with van der Waals surface area (Å²) >= 11 is 0. The molecule has 3 nitrogen and oxygen atoms in total. The molecule has 0 saturated heterocycles. The minimum Gasteiger partial charge on any atom is -0.461 e. The Kier molecular flexibility index (Phi) is 4.88. The molecule has 0 aliphatic rings. The Morgan fingerprint density at radius 1 is 2.00 bits per heavy atom. The fraction of sp³-hybridized carbons (Fsp3) is 0.500. The van der Waals surface area contributed by atoms with Crippen molar-refractivity contribution in [3.05, 3.63) is 12.7 Å². The predicted octanol–water partition coefficient (Wildman–Crippen LogP) is -0.472. The summed E-state index contributed by atoms with van der Waals surface area (Å²) < 4.78 is 4.75. The van der Waals surface area contributed by atoms with Crippen molar-refractivity contribution in [3.63, 3.8) is 0 Å². The maximum atomic E-state index is 10.5. The van der Waals surface area contributed by atoms with E-state index >= 15 is 0 Å². The number of hydrogen-bond acceptors (Lipinski definition) is 3. The van der Waals surface area contributed by atoms with Gasteiger partial charge in [0.2, 0.25) is 0 Å².